The molecule has 3 heteroatoms. The standard InChI is InChI=1S/C12H26N2O/c1-6-12(4)10-14(8-7-13-12)9-11(2,3)15-5/h13H,6-10H2,1-5H3. The first-order valence-corrected chi connectivity index (χ1v) is 5.93. The van der Waals surface area contributed by atoms with E-state index in [9.17, 15) is 0 Å². The van der Waals surface area contributed by atoms with Crippen molar-refractivity contribution in [3.63, 3.8) is 0 Å². The van der Waals surface area contributed by atoms with Crippen LogP contribution in [0.2, 0.25) is 0 Å². The molecule has 0 saturated carbocycles. The maximum absolute atomic E-state index is 5.48. The summed E-state index contributed by atoms with van der Waals surface area (Å²) in [4.78, 5) is 2.50. The van der Waals surface area contributed by atoms with Crippen LogP contribution in [-0.4, -0.2) is 49.3 Å². The molecule has 1 aliphatic heterocycles. The Hall–Kier alpha value is -0.120. The maximum Gasteiger partial charge on any atom is 0.0749 e. The Morgan fingerprint density at radius 3 is 2.67 bits per heavy atom. The van der Waals surface area contributed by atoms with Gasteiger partial charge in [0.05, 0.1) is 5.60 Å². The van der Waals surface area contributed by atoms with Crippen molar-refractivity contribution in [1.29, 1.82) is 0 Å². The Morgan fingerprint density at radius 2 is 2.13 bits per heavy atom. The highest BCUT2D eigenvalue weighted by molar-refractivity contribution is 4.91. The minimum atomic E-state index is -0.0357. The summed E-state index contributed by atoms with van der Waals surface area (Å²) in [5, 5.41) is 3.60. The number of ether oxygens (including phenoxy) is 1. The summed E-state index contributed by atoms with van der Waals surface area (Å²) in [5.74, 6) is 0. The van der Waals surface area contributed by atoms with Crippen LogP contribution in [0.1, 0.15) is 34.1 Å². The van der Waals surface area contributed by atoms with Gasteiger partial charge in [-0.2, -0.15) is 0 Å². The summed E-state index contributed by atoms with van der Waals surface area (Å²) < 4.78 is 5.48. The van der Waals surface area contributed by atoms with E-state index < -0.39 is 0 Å². The first-order chi connectivity index (χ1) is 6.91. The van der Waals surface area contributed by atoms with Crippen molar-refractivity contribution in [2.24, 2.45) is 0 Å². The highest BCUT2D eigenvalue weighted by atomic mass is 16.5. The van der Waals surface area contributed by atoms with E-state index in [-0.39, 0.29) is 11.1 Å². The van der Waals surface area contributed by atoms with Gasteiger partial charge in [0.1, 0.15) is 0 Å². The summed E-state index contributed by atoms with van der Waals surface area (Å²) in [6, 6.07) is 0. The molecule has 1 atom stereocenters. The highest BCUT2D eigenvalue weighted by Gasteiger charge is 2.31. The second kappa shape index (κ2) is 4.81. The molecule has 15 heavy (non-hydrogen) atoms. The molecule has 1 rings (SSSR count). The van der Waals surface area contributed by atoms with Crippen LogP contribution in [0, 0.1) is 0 Å². The summed E-state index contributed by atoms with van der Waals surface area (Å²) in [6.45, 7) is 13.2. The Bertz CT molecular complexity index is 204. The topological polar surface area (TPSA) is 24.5 Å². The first-order valence-electron chi connectivity index (χ1n) is 5.93. The van der Waals surface area contributed by atoms with Crippen LogP contribution in [0.4, 0.5) is 0 Å². The van der Waals surface area contributed by atoms with Crippen molar-refractivity contribution < 1.29 is 4.74 Å². The van der Waals surface area contributed by atoms with Crippen LogP contribution in [0.3, 0.4) is 0 Å². The molecule has 0 aromatic rings. The number of methoxy groups -OCH3 is 1. The Morgan fingerprint density at radius 1 is 1.47 bits per heavy atom. The van der Waals surface area contributed by atoms with Gasteiger partial charge in [0.25, 0.3) is 0 Å². The van der Waals surface area contributed by atoms with Crippen molar-refractivity contribution in [2.45, 2.75) is 45.3 Å². The number of piperazine rings is 1. The molecule has 0 radical (unpaired) electrons. The molecular formula is C12H26N2O. The van der Waals surface area contributed by atoms with Crippen LogP contribution >= 0.6 is 0 Å². The first kappa shape index (κ1) is 12.9. The van der Waals surface area contributed by atoms with Crippen LogP contribution in [0.5, 0.6) is 0 Å². The fourth-order valence-electron chi connectivity index (χ4n) is 2.12. The van der Waals surface area contributed by atoms with Gasteiger partial charge in [-0.1, -0.05) is 6.92 Å². The number of nitrogens with zero attached hydrogens (tertiary/aromatic N) is 1. The maximum atomic E-state index is 5.48. The van der Waals surface area contributed by atoms with Crippen molar-refractivity contribution in [3.8, 4) is 0 Å². The molecule has 1 aliphatic rings. The lowest BCUT2D eigenvalue weighted by Crippen LogP contribution is -2.60. The van der Waals surface area contributed by atoms with Gasteiger partial charge < -0.3 is 10.1 Å². The van der Waals surface area contributed by atoms with E-state index in [2.05, 4.69) is 37.9 Å². The minimum Gasteiger partial charge on any atom is -0.377 e. The van der Waals surface area contributed by atoms with Crippen molar-refractivity contribution in [2.75, 3.05) is 33.3 Å². The Labute approximate surface area is 94.2 Å². The van der Waals surface area contributed by atoms with Crippen LogP contribution in [0.25, 0.3) is 0 Å². The lowest BCUT2D eigenvalue weighted by molar-refractivity contribution is -0.0194. The molecule has 1 fully saturated rings. The quantitative estimate of drug-likeness (QED) is 0.767. The molecule has 90 valence electrons. The van der Waals surface area contributed by atoms with Gasteiger partial charge >= 0.3 is 0 Å². The van der Waals surface area contributed by atoms with E-state index in [0.717, 1.165) is 26.2 Å². The van der Waals surface area contributed by atoms with Gasteiger partial charge in [0, 0.05) is 38.8 Å². The fourth-order valence-corrected chi connectivity index (χ4v) is 2.12. The molecule has 0 spiro atoms. The zero-order valence-corrected chi connectivity index (χ0v) is 10.9. The summed E-state index contributed by atoms with van der Waals surface area (Å²) in [5.41, 5.74) is 0.244. The minimum absolute atomic E-state index is 0.0357. The summed E-state index contributed by atoms with van der Waals surface area (Å²) >= 11 is 0. The van der Waals surface area contributed by atoms with Gasteiger partial charge in [-0.25, -0.2) is 0 Å². The zero-order valence-electron chi connectivity index (χ0n) is 10.9. The van der Waals surface area contributed by atoms with Gasteiger partial charge in [-0.05, 0) is 27.2 Å². The van der Waals surface area contributed by atoms with Gasteiger partial charge in [0.2, 0.25) is 0 Å². The monoisotopic (exact) mass is 214 g/mol. The largest absolute Gasteiger partial charge is 0.377 e. The SMILES string of the molecule is CCC1(C)CN(CC(C)(C)OC)CCN1. The lowest BCUT2D eigenvalue weighted by atomic mass is 9.95. The average molecular weight is 214 g/mol. The van der Waals surface area contributed by atoms with Crippen LogP contribution < -0.4 is 5.32 Å². The highest BCUT2D eigenvalue weighted by Crippen LogP contribution is 2.18. The number of hydrogen-bond donors (Lipinski definition) is 1. The van der Waals surface area contributed by atoms with Crippen molar-refractivity contribution >= 4 is 0 Å². The van der Waals surface area contributed by atoms with Crippen molar-refractivity contribution in [3.05, 3.63) is 0 Å². The Balaban J connectivity index is 2.50. The third kappa shape index (κ3) is 3.74. The number of nitrogens with one attached hydrogen (secondary N) is 1. The summed E-state index contributed by atoms with van der Waals surface area (Å²) in [7, 11) is 1.79. The zero-order chi connectivity index (χ0) is 11.5. The molecule has 3 nitrogen and oxygen atoms in total. The number of rotatable bonds is 4. The molecular weight excluding hydrogens is 188 g/mol. The van der Waals surface area contributed by atoms with E-state index in [4.69, 9.17) is 4.74 Å². The molecule has 1 saturated heterocycles. The predicted molar refractivity (Wildman–Crippen MR) is 64.2 cm³/mol. The van der Waals surface area contributed by atoms with Gasteiger partial charge in [-0.3, -0.25) is 4.90 Å². The third-order valence-electron chi connectivity index (χ3n) is 3.49. The van der Waals surface area contributed by atoms with E-state index in [0.29, 0.717) is 0 Å². The predicted octanol–water partition coefficient (Wildman–Crippen LogP) is 1.49. The molecule has 1 heterocycles. The molecule has 0 bridgehead atoms. The van der Waals surface area contributed by atoms with E-state index in [1.807, 2.05) is 0 Å². The van der Waals surface area contributed by atoms with Gasteiger partial charge in [-0.15, -0.1) is 0 Å². The fraction of sp³-hybridized carbons (Fsp3) is 1.00. The second-order valence-electron chi connectivity index (χ2n) is 5.52. The lowest BCUT2D eigenvalue weighted by Gasteiger charge is -2.43. The molecule has 1 N–H and O–H groups in total. The van der Waals surface area contributed by atoms with E-state index in [1.54, 1.807) is 7.11 Å². The third-order valence-corrected chi connectivity index (χ3v) is 3.49. The number of hydrogen-bond acceptors (Lipinski definition) is 3. The van der Waals surface area contributed by atoms with E-state index >= 15 is 0 Å². The smallest absolute Gasteiger partial charge is 0.0749 e. The van der Waals surface area contributed by atoms with Crippen LogP contribution in [-0.2, 0) is 4.74 Å². The molecule has 0 aromatic carbocycles. The molecule has 0 aliphatic carbocycles. The molecule has 0 aromatic heterocycles. The van der Waals surface area contributed by atoms with Crippen molar-refractivity contribution in [1.82, 2.24) is 10.2 Å². The second-order valence-corrected chi connectivity index (χ2v) is 5.52. The van der Waals surface area contributed by atoms with E-state index in [1.165, 1.54) is 6.42 Å². The summed E-state index contributed by atoms with van der Waals surface area (Å²) in [6.07, 6.45) is 1.18. The Kier molecular flexibility index (Phi) is 4.15. The molecule has 1 unspecified atom stereocenters. The van der Waals surface area contributed by atoms with Gasteiger partial charge in [0.15, 0.2) is 0 Å². The molecule has 0 amide bonds. The normalized spacial score (nSPS) is 29.4. The average Bonchev–Trinajstić information content (AvgIpc) is 2.17. The van der Waals surface area contributed by atoms with Crippen LogP contribution in [0.15, 0.2) is 0 Å².